The fraction of sp³-hybridized carbons (Fsp3) is 0.600. The largest absolute Gasteiger partial charge is 0.336 e. The molecular formula is C15H22FN3O. The zero-order valence-electron chi connectivity index (χ0n) is 12.1. The molecule has 0 radical (unpaired) electrons. The Morgan fingerprint density at radius 1 is 1.60 bits per heavy atom. The van der Waals surface area contributed by atoms with Gasteiger partial charge in [0.05, 0.1) is 11.8 Å². The lowest BCUT2D eigenvalue weighted by Crippen LogP contribution is -2.44. The van der Waals surface area contributed by atoms with Gasteiger partial charge in [-0.25, -0.2) is 4.39 Å². The molecule has 110 valence electrons. The zero-order valence-corrected chi connectivity index (χ0v) is 12.1. The number of aromatic nitrogens is 1. The molecule has 1 saturated heterocycles. The highest BCUT2D eigenvalue weighted by atomic mass is 19.1. The van der Waals surface area contributed by atoms with Crippen LogP contribution >= 0.6 is 0 Å². The number of nitrogens with one attached hydrogen (secondary N) is 1. The molecule has 1 aliphatic rings. The molecule has 1 amide bonds. The highest BCUT2D eigenvalue weighted by Gasteiger charge is 2.25. The quantitative estimate of drug-likeness (QED) is 0.917. The third kappa shape index (κ3) is 3.54. The van der Waals surface area contributed by atoms with Gasteiger partial charge in [0.25, 0.3) is 5.91 Å². The van der Waals surface area contributed by atoms with Gasteiger partial charge in [-0.3, -0.25) is 9.78 Å². The zero-order chi connectivity index (χ0) is 14.5. The summed E-state index contributed by atoms with van der Waals surface area (Å²) in [5.74, 6) is -0.351. The van der Waals surface area contributed by atoms with Gasteiger partial charge in [-0.15, -0.1) is 0 Å². The van der Waals surface area contributed by atoms with Crippen LogP contribution in [0.2, 0.25) is 0 Å². The minimum absolute atomic E-state index is 0.0528. The van der Waals surface area contributed by atoms with Gasteiger partial charge in [0, 0.05) is 18.8 Å². The summed E-state index contributed by atoms with van der Waals surface area (Å²) in [6.07, 6.45) is 4.79. The van der Waals surface area contributed by atoms with Crippen LogP contribution in [0.5, 0.6) is 0 Å². The number of halogens is 1. The van der Waals surface area contributed by atoms with Crippen molar-refractivity contribution in [2.75, 3.05) is 19.6 Å². The summed E-state index contributed by atoms with van der Waals surface area (Å²) in [6.45, 7) is 6.58. The Hall–Kier alpha value is -1.49. The number of piperidine rings is 1. The maximum Gasteiger partial charge on any atom is 0.257 e. The van der Waals surface area contributed by atoms with E-state index in [0.717, 1.165) is 32.1 Å². The molecule has 2 rings (SSSR count). The molecule has 5 heteroatoms. The molecule has 4 nitrogen and oxygen atoms in total. The van der Waals surface area contributed by atoms with Crippen LogP contribution in [0, 0.1) is 11.7 Å². The first-order valence-electron chi connectivity index (χ1n) is 7.20. The molecule has 1 N–H and O–H groups in total. The molecule has 1 atom stereocenters. The molecule has 0 saturated carbocycles. The Kier molecular flexibility index (Phi) is 5.06. The number of hydrogen-bond acceptors (Lipinski definition) is 3. The second kappa shape index (κ2) is 6.79. The van der Waals surface area contributed by atoms with E-state index in [1.54, 1.807) is 4.90 Å². The summed E-state index contributed by atoms with van der Waals surface area (Å²) in [5.41, 5.74) is 0.109. The van der Waals surface area contributed by atoms with E-state index in [-0.39, 0.29) is 17.5 Å². The minimum atomic E-state index is -0.551. The molecule has 2 heterocycles. The van der Waals surface area contributed by atoms with E-state index < -0.39 is 5.82 Å². The molecule has 1 fully saturated rings. The number of pyridine rings is 1. The molecule has 0 spiro atoms. The van der Waals surface area contributed by atoms with E-state index >= 15 is 0 Å². The molecule has 0 aromatic carbocycles. The van der Waals surface area contributed by atoms with Crippen molar-refractivity contribution in [2.24, 2.45) is 5.92 Å². The van der Waals surface area contributed by atoms with Crippen LogP contribution in [0.25, 0.3) is 0 Å². The number of carbonyl (C=O) groups is 1. The van der Waals surface area contributed by atoms with Gasteiger partial charge in [-0.1, -0.05) is 0 Å². The first kappa shape index (κ1) is 14.9. The Morgan fingerprint density at radius 3 is 3.00 bits per heavy atom. The van der Waals surface area contributed by atoms with Crippen LogP contribution in [-0.4, -0.2) is 41.5 Å². The third-order valence-corrected chi connectivity index (χ3v) is 3.74. The van der Waals surface area contributed by atoms with Gasteiger partial charge in [0.15, 0.2) is 5.82 Å². The lowest BCUT2D eigenvalue weighted by molar-refractivity contribution is 0.0656. The van der Waals surface area contributed by atoms with Crippen molar-refractivity contribution in [3.8, 4) is 0 Å². The van der Waals surface area contributed by atoms with Crippen molar-refractivity contribution in [1.82, 2.24) is 15.2 Å². The Bertz CT molecular complexity index is 458. The highest BCUT2D eigenvalue weighted by molar-refractivity contribution is 5.94. The van der Waals surface area contributed by atoms with Crippen LogP contribution in [0.4, 0.5) is 4.39 Å². The number of hydrogen-bond donors (Lipinski definition) is 1. The summed E-state index contributed by atoms with van der Waals surface area (Å²) in [7, 11) is 0. The predicted molar refractivity (Wildman–Crippen MR) is 76.0 cm³/mol. The Morgan fingerprint density at radius 2 is 2.40 bits per heavy atom. The summed E-state index contributed by atoms with van der Waals surface area (Å²) in [5, 5.41) is 3.35. The van der Waals surface area contributed by atoms with E-state index in [1.165, 1.54) is 12.3 Å². The van der Waals surface area contributed by atoms with Gasteiger partial charge in [-0.05, 0) is 51.8 Å². The van der Waals surface area contributed by atoms with Gasteiger partial charge >= 0.3 is 0 Å². The van der Waals surface area contributed by atoms with Gasteiger partial charge in [0.2, 0.25) is 0 Å². The summed E-state index contributed by atoms with van der Waals surface area (Å²) in [4.78, 5) is 18.0. The van der Waals surface area contributed by atoms with Gasteiger partial charge < -0.3 is 10.2 Å². The number of rotatable bonds is 4. The van der Waals surface area contributed by atoms with Crippen LogP contribution in [-0.2, 0) is 0 Å². The third-order valence-electron chi connectivity index (χ3n) is 3.74. The van der Waals surface area contributed by atoms with Gasteiger partial charge in [0.1, 0.15) is 0 Å². The van der Waals surface area contributed by atoms with E-state index in [1.807, 2.05) is 13.8 Å². The molecule has 20 heavy (non-hydrogen) atoms. The molecular weight excluding hydrogens is 257 g/mol. The molecule has 0 aliphatic carbocycles. The smallest absolute Gasteiger partial charge is 0.257 e. The van der Waals surface area contributed by atoms with Crippen molar-refractivity contribution in [3.63, 3.8) is 0 Å². The van der Waals surface area contributed by atoms with Crippen molar-refractivity contribution in [1.29, 1.82) is 0 Å². The monoisotopic (exact) mass is 279 g/mol. The van der Waals surface area contributed by atoms with Crippen molar-refractivity contribution in [3.05, 3.63) is 29.8 Å². The van der Waals surface area contributed by atoms with Crippen LogP contribution in [0.3, 0.4) is 0 Å². The second-order valence-corrected chi connectivity index (χ2v) is 5.62. The fourth-order valence-corrected chi connectivity index (χ4v) is 2.59. The summed E-state index contributed by atoms with van der Waals surface area (Å²) in [6, 6.07) is 1.50. The summed E-state index contributed by atoms with van der Waals surface area (Å²) >= 11 is 0. The normalized spacial score (nSPS) is 19.1. The number of nitrogens with zero attached hydrogens (tertiary/aromatic N) is 2. The van der Waals surface area contributed by atoms with Crippen molar-refractivity contribution < 1.29 is 9.18 Å². The molecule has 1 aliphatic heterocycles. The van der Waals surface area contributed by atoms with E-state index in [4.69, 9.17) is 0 Å². The maximum absolute atomic E-state index is 13.7. The van der Waals surface area contributed by atoms with Crippen molar-refractivity contribution in [2.45, 2.75) is 32.7 Å². The summed E-state index contributed by atoms with van der Waals surface area (Å²) < 4.78 is 13.7. The SMILES string of the molecule is CC(C)N(CC1CCCNC1)C(=O)c1ccncc1F. The van der Waals surface area contributed by atoms with E-state index in [0.29, 0.717) is 12.5 Å². The lowest BCUT2D eigenvalue weighted by atomic mass is 9.98. The first-order valence-corrected chi connectivity index (χ1v) is 7.20. The minimum Gasteiger partial charge on any atom is -0.336 e. The number of amides is 1. The predicted octanol–water partition coefficient (Wildman–Crippen LogP) is 2.07. The topological polar surface area (TPSA) is 45.2 Å². The lowest BCUT2D eigenvalue weighted by Gasteiger charge is -2.33. The molecule has 1 unspecified atom stereocenters. The van der Waals surface area contributed by atoms with Crippen molar-refractivity contribution >= 4 is 5.91 Å². The standard InChI is InChI=1S/C15H22FN3O/c1-11(2)19(10-12-4-3-6-17-8-12)15(20)13-5-7-18-9-14(13)16/h5,7,9,11-12,17H,3-4,6,8,10H2,1-2H3. The van der Waals surface area contributed by atoms with Crippen LogP contribution in [0.1, 0.15) is 37.0 Å². The number of carbonyl (C=O) groups excluding carboxylic acids is 1. The molecule has 0 bridgehead atoms. The Balaban J connectivity index is 2.11. The molecule has 1 aromatic rings. The van der Waals surface area contributed by atoms with Gasteiger partial charge in [-0.2, -0.15) is 0 Å². The second-order valence-electron chi connectivity index (χ2n) is 5.62. The highest BCUT2D eigenvalue weighted by Crippen LogP contribution is 2.17. The maximum atomic E-state index is 13.7. The van der Waals surface area contributed by atoms with Crippen LogP contribution in [0.15, 0.2) is 18.5 Å². The Labute approximate surface area is 119 Å². The van der Waals surface area contributed by atoms with Crippen LogP contribution < -0.4 is 5.32 Å². The fourth-order valence-electron chi connectivity index (χ4n) is 2.59. The van der Waals surface area contributed by atoms with E-state index in [9.17, 15) is 9.18 Å². The average molecular weight is 279 g/mol. The first-order chi connectivity index (χ1) is 9.59. The average Bonchev–Trinajstić information content (AvgIpc) is 2.45. The van der Waals surface area contributed by atoms with E-state index in [2.05, 4.69) is 10.3 Å². The molecule has 1 aromatic heterocycles.